The zero-order valence-corrected chi connectivity index (χ0v) is 17.7. The number of esters is 1. The van der Waals surface area contributed by atoms with Gasteiger partial charge in [-0.1, -0.05) is 30.3 Å². The molecule has 1 fully saturated rings. The van der Waals surface area contributed by atoms with Crippen LogP contribution in [0.2, 0.25) is 0 Å². The van der Waals surface area contributed by atoms with Gasteiger partial charge in [0.15, 0.2) is 12.2 Å². The number of para-hydroxylation sites is 3. The first-order valence-electron chi connectivity index (χ1n) is 11.0. The number of fused-ring (bicyclic) bond motifs is 2. The summed E-state index contributed by atoms with van der Waals surface area (Å²) in [6.07, 6.45) is 1.95. The summed E-state index contributed by atoms with van der Waals surface area (Å²) < 4.78 is 16.8. The van der Waals surface area contributed by atoms with Crippen molar-refractivity contribution in [2.45, 2.75) is 25.3 Å². The van der Waals surface area contributed by atoms with Gasteiger partial charge < -0.3 is 24.1 Å². The first-order chi connectivity index (χ1) is 15.7. The summed E-state index contributed by atoms with van der Waals surface area (Å²) in [6, 6.07) is 15.7. The molecule has 0 bridgehead atoms. The van der Waals surface area contributed by atoms with E-state index in [0.717, 1.165) is 22.4 Å². The molecule has 32 heavy (non-hydrogen) atoms. The SMILES string of the molecule is O=C(COC(=O)C1CCN(c2nc3ccccc3o2)CC1)NC1CCOc2ccccc21. The molecule has 0 radical (unpaired) electrons. The molecule has 3 heterocycles. The highest BCUT2D eigenvalue weighted by molar-refractivity contribution is 5.82. The summed E-state index contributed by atoms with van der Waals surface area (Å²) >= 11 is 0. The Morgan fingerprint density at radius 3 is 2.69 bits per heavy atom. The number of rotatable bonds is 5. The maximum atomic E-state index is 12.5. The molecule has 166 valence electrons. The van der Waals surface area contributed by atoms with Crippen molar-refractivity contribution in [2.75, 3.05) is 31.2 Å². The zero-order valence-electron chi connectivity index (χ0n) is 17.7. The second-order valence-electron chi connectivity index (χ2n) is 8.13. The number of anilines is 1. The topological polar surface area (TPSA) is 93.9 Å². The van der Waals surface area contributed by atoms with E-state index in [1.54, 1.807) is 0 Å². The lowest BCUT2D eigenvalue weighted by atomic mass is 9.97. The van der Waals surface area contributed by atoms with Gasteiger partial charge >= 0.3 is 5.97 Å². The molecule has 1 N–H and O–H groups in total. The highest BCUT2D eigenvalue weighted by atomic mass is 16.5. The lowest BCUT2D eigenvalue weighted by Crippen LogP contribution is -2.39. The number of hydrogen-bond donors (Lipinski definition) is 1. The van der Waals surface area contributed by atoms with E-state index in [0.29, 0.717) is 45.0 Å². The van der Waals surface area contributed by atoms with Gasteiger partial charge in [0.2, 0.25) is 0 Å². The van der Waals surface area contributed by atoms with Crippen LogP contribution in [0.3, 0.4) is 0 Å². The first-order valence-corrected chi connectivity index (χ1v) is 11.0. The average Bonchev–Trinajstić information content (AvgIpc) is 3.27. The van der Waals surface area contributed by atoms with Crippen LogP contribution in [0.5, 0.6) is 5.75 Å². The molecule has 3 aromatic rings. The molecular formula is C24H25N3O5. The van der Waals surface area contributed by atoms with Gasteiger partial charge in [-0.05, 0) is 31.0 Å². The number of amides is 1. The number of hydrogen-bond acceptors (Lipinski definition) is 7. The van der Waals surface area contributed by atoms with Crippen LogP contribution in [0.1, 0.15) is 30.9 Å². The van der Waals surface area contributed by atoms with E-state index < -0.39 is 0 Å². The Labute approximate surface area is 185 Å². The van der Waals surface area contributed by atoms with E-state index in [1.165, 1.54) is 0 Å². The number of carbonyl (C=O) groups is 2. The third-order valence-electron chi connectivity index (χ3n) is 6.02. The minimum Gasteiger partial charge on any atom is -0.493 e. The van der Waals surface area contributed by atoms with Crippen molar-refractivity contribution in [3.8, 4) is 5.75 Å². The highest BCUT2D eigenvalue weighted by Gasteiger charge is 2.29. The quantitative estimate of drug-likeness (QED) is 0.615. The van der Waals surface area contributed by atoms with Crippen LogP contribution < -0.4 is 15.0 Å². The highest BCUT2D eigenvalue weighted by Crippen LogP contribution is 2.31. The molecule has 1 saturated heterocycles. The molecule has 1 amide bonds. The van der Waals surface area contributed by atoms with Crippen LogP contribution in [0, 0.1) is 5.92 Å². The van der Waals surface area contributed by atoms with Gasteiger partial charge in [0.25, 0.3) is 11.9 Å². The van der Waals surface area contributed by atoms with Crippen molar-refractivity contribution >= 4 is 29.0 Å². The largest absolute Gasteiger partial charge is 0.493 e. The van der Waals surface area contributed by atoms with Gasteiger partial charge in [0.1, 0.15) is 11.3 Å². The molecule has 2 aliphatic heterocycles. The van der Waals surface area contributed by atoms with Crippen molar-refractivity contribution in [1.29, 1.82) is 0 Å². The van der Waals surface area contributed by atoms with E-state index in [-0.39, 0.29) is 30.4 Å². The van der Waals surface area contributed by atoms with Gasteiger partial charge in [0, 0.05) is 25.1 Å². The molecule has 0 spiro atoms. The number of benzene rings is 2. The monoisotopic (exact) mass is 435 g/mol. The fourth-order valence-corrected chi connectivity index (χ4v) is 4.28. The zero-order chi connectivity index (χ0) is 21.9. The lowest BCUT2D eigenvalue weighted by Gasteiger charge is -2.29. The van der Waals surface area contributed by atoms with E-state index >= 15 is 0 Å². The number of nitrogens with zero attached hydrogens (tertiary/aromatic N) is 2. The van der Waals surface area contributed by atoms with Gasteiger partial charge in [-0.2, -0.15) is 4.98 Å². The molecule has 0 aliphatic carbocycles. The van der Waals surface area contributed by atoms with Crippen LogP contribution in [-0.2, 0) is 14.3 Å². The van der Waals surface area contributed by atoms with Crippen molar-refractivity contribution in [1.82, 2.24) is 10.3 Å². The molecule has 1 aromatic heterocycles. The molecular weight excluding hydrogens is 410 g/mol. The molecule has 0 saturated carbocycles. The summed E-state index contributed by atoms with van der Waals surface area (Å²) in [5.41, 5.74) is 2.52. The van der Waals surface area contributed by atoms with Crippen LogP contribution in [-0.4, -0.2) is 43.2 Å². The smallest absolute Gasteiger partial charge is 0.309 e. The molecule has 8 heteroatoms. The Morgan fingerprint density at radius 2 is 1.84 bits per heavy atom. The molecule has 2 aliphatic rings. The lowest BCUT2D eigenvalue weighted by molar-refractivity contribution is -0.153. The van der Waals surface area contributed by atoms with Gasteiger partial charge in [0.05, 0.1) is 18.6 Å². The van der Waals surface area contributed by atoms with E-state index in [2.05, 4.69) is 10.3 Å². The van der Waals surface area contributed by atoms with Crippen molar-refractivity contribution in [3.05, 3.63) is 54.1 Å². The Bertz CT molecular complexity index is 1090. The number of piperidine rings is 1. The van der Waals surface area contributed by atoms with E-state index in [9.17, 15) is 9.59 Å². The van der Waals surface area contributed by atoms with Gasteiger partial charge in [-0.15, -0.1) is 0 Å². The molecule has 8 nitrogen and oxygen atoms in total. The Balaban J connectivity index is 1.10. The summed E-state index contributed by atoms with van der Waals surface area (Å²) in [4.78, 5) is 31.4. The summed E-state index contributed by atoms with van der Waals surface area (Å²) in [5, 5.41) is 2.95. The molecule has 1 unspecified atom stereocenters. The molecule has 1 atom stereocenters. The van der Waals surface area contributed by atoms with Crippen LogP contribution >= 0.6 is 0 Å². The molecule has 5 rings (SSSR count). The number of ether oxygens (including phenoxy) is 2. The Kier molecular flexibility index (Phi) is 5.66. The van der Waals surface area contributed by atoms with E-state index in [4.69, 9.17) is 13.9 Å². The van der Waals surface area contributed by atoms with Crippen molar-refractivity contribution < 1.29 is 23.5 Å². The number of oxazole rings is 1. The second kappa shape index (κ2) is 8.90. The number of aromatic nitrogens is 1. The van der Waals surface area contributed by atoms with Crippen LogP contribution in [0.4, 0.5) is 6.01 Å². The predicted octanol–water partition coefficient (Wildman–Crippen LogP) is 3.23. The summed E-state index contributed by atoms with van der Waals surface area (Å²) in [6.45, 7) is 1.57. The maximum absolute atomic E-state index is 12.5. The van der Waals surface area contributed by atoms with Crippen LogP contribution in [0.25, 0.3) is 11.1 Å². The predicted molar refractivity (Wildman–Crippen MR) is 117 cm³/mol. The minimum atomic E-state index is -0.329. The van der Waals surface area contributed by atoms with E-state index in [1.807, 2.05) is 53.4 Å². The summed E-state index contributed by atoms with van der Waals surface area (Å²) in [7, 11) is 0. The number of carbonyl (C=O) groups excluding carboxylic acids is 2. The summed E-state index contributed by atoms with van der Waals surface area (Å²) in [5.74, 6) is -0.0762. The second-order valence-corrected chi connectivity index (χ2v) is 8.13. The van der Waals surface area contributed by atoms with Gasteiger partial charge in [-0.25, -0.2) is 0 Å². The van der Waals surface area contributed by atoms with Crippen LogP contribution in [0.15, 0.2) is 52.9 Å². The number of nitrogens with one attached hydrogen (secondary N) is 1. The van der Waals surface area contributed by atoms with Crippen molar-refractivity contribution in [2.24, 2.45) is 5.92 Å². The fraction of sp³-hybridized carbons (Fsp3) is 0.375. The third kappa shape index (κ3) is 4.26. The van der Waals surface area contributed by atoms with Crippen molar-refractivity contribution in [3.63, 3.8) is 0 Å². The fourth-order valence-electron chi connectivity index (χ4n) is 4.28. The average molecular weight is 435 g/mol. The maximum Gasteiger partial charge on any atom is 0.309 e. The first kappa shape index (κ1) is 20.4. The third-order valence-corrected chi connectivity index (χ3v) is 6.02. The Morgan fingerprint density at radius 1 is 1.06 bits per heavy atom. The van der Waals surface area contributed by atoms with Gasteiger partial charge in [-0.3, -0.25) is 9.59 Å². The Hall–Kier alpha value is -3.55. The molecule has 2 aromatic carbocycles. The minimum absolute atomic E-state index is 0.134. The standard InChI is InChI=1S/C24H25N3O5/c28-22(25-18-11-14-30-20-7-3-1-5-17(18)20)15-31-23(29)16-9-12-27(13-10-16)24-26-19-6-2-4-8-21(19)32-24/h1-8,16,18H,9-15H2,(H,25,28). The normalized spacial score (nSPS) is 18.6.